The third-order valence-electron chi connectivity index (χ3n) is 5.28. The molecule has 1 amide bonds. The maximum Gasteiger partial charge on any atom is 0.326 e. The third-order valence-corrected chi connectivity index (χ3v) is 5.28. The van der Waals surface area contributed by atoms with Gasteiger partial charge < -0.3 is 10.0 Å². The molecule has 1 saturated heterocycles. The number of carbonyl (C=O) groups is 2. The zero-order valence-electron chi connectivity index (χ0n) is 12.7. The Morgan fingerprint density at radius 2 is 2.00 bits per heavy atom. The van der Waals surface area contributed by atoms with E-state index in [9.17, 15) is 14.7 Å². The number of pyridine rings is 1. The monoisotopic (exact) mass is 310 g/mol. The van der Waals surface area contributed by atoms with E-state index in [4.69, 9.17) is 0 Å². The number of amides is 1. The fourth-order valence-electron chi connectivity index (χ4n) is 4.26. The molecule has 0 radical (unpaired) electrons. The van der Waals surface area contributed by atoms with Crippen LogP contribution in [0.1, 0.15) is 29.8 Å². The van der Waals surface area contributed by atoms with Crippen LogP contribution in [0.5, 0.6) is 0 Å². The molecular weight excluding hydrogens is 292 g/mol. The van der Waals surface area contributed by atoms with Gasteiger partial charge in [-0.2, -0.15) is 0 Å². The van der Waals surface area contributed by atoms with Gasteiger partial charge in [0.1, 0.15) is 11.7 Å². The zero-order chi connectivity index (χ0) is 16.0. The summed E-state index contributed by atoms with van der Waals surface area (Å²) < 4.78 is 0. The summed E-state index contributed by atoms with van der Waals surface area (Å²) >= 11 is 0. The molecule has 3 unspecified atom stereocenters. The molecule has 1 N–H and O–H groups in total. The van der Waals surface area contributed by atoms with Crippen LogP contribution >= 0.6 is 0 Å². The van der Waals surface area contributed by atoms with Gasteiger partial charge >= 0.3 is 5.97 Å². The lowest BCUT2D eigenvalue weighted by Crippen LogP contribution is -2.43. The number of hydrogen-bond donors (Lipinski definition) is 1. The van der Waals surface area contributed by atoms with Crippen LogP contribution < -0.4 is 0 Å². The fraction of sp³-hybridized carbons (Fsp3) is 0.389. The van der Waals surface area contributed by atoms with Crippen molar-refractivity contribution in [2.45, 2.75) is 25.3 Å². The van der Waals surface area contributed by atoms with Crippen LogP contribution in [-0.4, -0.2) is 39.5 Å². The molecular formula is C18H18N2O3. The van der Waals surface area contributed by atoms with Gasteiger partial charge in [-0.3, -0.25) is 9.78 Å². The summed E-state index contributed by atoms with van der Waals surface area (Å²) in [7, 11) is 0. The summed E-state index contributed by atoms with van der Waals surface area (Å²) in [5.41, 5.74) is 0.356. The molecule has 4 rings (SSSR count). The number of aliphatic carboxylic acids is 1. The summed E-state index contributed by atoms with van der Waals surface area (Å²) in [6, 6.07) is 8.73. The number of rotatable bonds is 2. The average Bonchev–Trinajstić information content (AvgIpc) is 3.13. The van der Waals surface area contributed by atoms with Crippen molar-refractivity contribution in [3.8, 4) is 0 Å². The molecule has 5 heteroatoms. The summed E-state index contributed by atoms with van der Waals surface area (Å²) in [6.07, 6.45) is 4.59. The van der Waals surface area contributed by atoms with Crippen LogP contribution in [0.15, 0.2) is 36.5 Å². The Morgan fingerprint density at radius 1 is 1.17 bits per heavy atom. The van der Waals surface area contributed by atoms with E-state index in [-0.39, 0.29) is 11.8 Å². The molecule has 0 spiro atoms. The van der Waals surface area contributed by atoms with Gasteiger partial charge in [0.2, 0.25) is 0 Å². The van der Waals surface area contributed by atoms with E-state index in [0.717, 1.165) is 30.0 Å². The van der Waals surface area contributed by atoms with Gasteiger partial charge in [0, 0.05) is 18.1 Å². The van der Waals surface area contributed by atoms with Gasteiger partial charge in [0.15, 0.2) is 0 Å². The van der Waals surface area contributed by atoms with Crippen molar-refractivity contribution >= 4 is 22.6 Å². The van der Waals surface area contributed by atoms with Crippen molar-refractivity contribution in [1.82, 2.24) is 9.88 Å². The highest BCUT2D eigenvalue weighted by Gasteiger charge is 2.49. The van der Waals surface area contributed by atoms with Gasteiger partial charge in [-0.05, 0) is 36.1 Å². The summed E-state index contributed by atoms with van der Waals surface area (Å²) in [5.74, 6) is -0.752. The predicted molar refractivity (Wildman–Crippen MR) is 85.0 cm³/mol. The third kappa shape index (κ3) is 2.19. The number of hydrogen-bond acceptors (Lipinski definition) is 3. The van der Waals surface area contributed by atoms with Crippen molar-refractivity contribution < 1.29 is 14.7 Å². The minimum atomic E-state index is -0.895. The molecule has 0 bridgehead atoms. The van der Waals surface area contributed by atoms with Gasteiger partial charge in [0.05, 0.1) is 0 Å². The Bertz CT molecular complexity index is 783. The molecule has 1 aliphatic heterocycles. The molecule has 2 aliphatic rings. The topological polar surface area (TPSA) is 70.5 Å². The van der Waals surface area contributed by atoms with Crippen molar-refractivity contribution in [2.75, 3.05) is 6.54 Å². The molecule has 1 aliphatic carbocycles. The van der Waals surface area contributed by atoms with Crippen molar-refractivity contribution in [3.63, 3.8) is 0 Å². The van der Waals surface area contributed by atoms with E-state index >= 15 is 0 Å². The van der Waals surface area contributed by atoms with Gasteiger partial charge in [0.25, 0.3) is 5.91 Å². The number of likely N-dealkylation sites (tertiary alicyclic amines) is 1. The lowest BCUT2D eigenvalue weighted by atomic mass is 9.94. The molecule has 1 saturated carbocycles. The average molecular weight is 310 g/mol. The molecule has 2 aromatic rings. The Hall–Kier alpha value is -2.43. The number of carbonyl (C=O) groups excluding carboxylic acids is 1. The van der Waals surface area contributed by atoms with Crippen LogP contribution in [0.3, 0.4) is 0 Å². The fourth-order valence-corrected chi connectivity index (χ4v) is 4.26. The van der Waals surface area contributed by atoms with Crippen molar-refractivity contribution in [1.29, 1.82) is 0 Å². The number of fused-ring (bicyclic) bond motifs is 2. The SMILES string of the molecule is O=C(O)C1C2CCCC2CN1C(=O)c1nccc2ccccc12. The number of nitrogens with zero attached hydrogens (tertiary/aromatic N) is 2. The highest BCUT2D eigenvalue weighted by atomic mass is 16.4. The lowest BCUT2D eigenvalue weighted by Gasteiger charge is -2.24. The highest BCUT2D eigenvalue weighted by molar-refractivity contribution is 6.06. The second kappa shape index (κ2) is 5.33. The molecule has 1 aromatic carbocycles. The van der Waals surface area contributed by atoms with Crippen LogP contribution in [0.25, 0.3) is 10.8 Å². The van der Waals surface area contributed by atoms with E-state index in [2.05, 4.69) is 4.98 Å². The standard InChI is InChI=1S/C18H18N2O3/c21-17(15-13-6-2-1-4-11(13)8-9-19-15)20-10-12-5-3-7-14(12)16(20)18(22)23/h1-2,4,6,8-9,12,14,16H,3,5,7,10H2,(H,22,23). The zero-order valence-corrected chi connectivity index (χ0v) is 12.7. The van der Waals surface area contributed by atoms with E-state index < -0.39 is 12.0 Å². The van der Waals surface area contributed by atoms with Crippen molar-refractivity contribution in [3.05, 3.63) is 42.2 Å². The molecule has 3 atom stereocenters. The molecule has 5 nitrogen and oxygen atoms in total. The quantitative estimate of drug-likeness (QED) is 0.925. The van der Waals surface area contributed by atoms with Crippen LogP contribution in [0.2, 0.25) is 0 Å². The maximum absolute atomic E-state index is 13.0. The minimum absolute atomic E-state index is 0.0893. The molecule has 118 valence electrons. The lowest BCUT2D eigenvalue weighted by molar-refractivity contribution is -0.142. The van der Waals surface area contributed by atoms with E-state index in [1.807, 2.05) is 30.3 Å². The summed E-state index contributed by atoms with van der Waals surface area (Å²) in [6.45, 7) is 0.533. The number of aromatic nitrogens is 1. The molecule has 2 heterocycles. The van der Waals surface area contributed by atoms with Gasteiger partial charge in [-0.25, -0.2) is 4.79 Å². The Kier molecular flexibility index (Phi) is 3.29. The first-order chi connectivity index (χ1) is 11.2. The first-order valence-electron chi connectivity index (χ1n) is 8.04. The number of carboxylic acids is 1. The highest BCUT2D eigenvalue weighted by Crippen LogP contribution is 2.42. The summed E-state index contributed by atoms with van der Waals surface area (Å²) in [5, 5.41) is 11.3. The number of carboxylic acid groups (broad SMARTS) is 1. The molecule has 23 heavy (non-hydrogen) atoms. The summed E-state index contributed by atoms with van der Waals surface area (Å²) in [4.78, 5) is 30.5. The second-order valence-corrected chi connectivity index (χ2v) is 6.48. The second-order valence-electron chi connectivity index (χ2n) is 6.48. The van der Waals surface area contributed by atoms with Crippen molar-refractivity contribution in [2.24, 2.45) is 11.8 Å². The van der Waals surface area contributed by atoms with Crippen LogP contribution in [0, 0.1) is 11.8 Å². The predicted octanol–water partition coefficient (Wildman–Crippen LogP) is 2.56. The molecule has 1 aromatic heterocycles. The first-order valence-corrected chi connectivity index (χ1v) is 8.04. The minimum Gasteiger partial charge on any atom is -0.480 e. The van der Waals surface area contributed by atoms with Gasteiger partial charge in [-0.1, -0.05) is 30.7 Å². The maximum atomic E-state index is 13.0. The molecule has 2 fully saturated rings. The first kappa shape index (κ1) is 14.2. The Morgan fingerprint density at radius 3 is 2.83 bits per heavy atom. The normalized spacial score (nSPS) is 26.4. The van der Waals surface area contributed by atoms with E-state index in [1.165, 1.54) is 4.90 Å². The van der Waals surface area contributed by atoms with Gasteiger partial charge in [-0.15, -0.1) is 0 Å². The van der Waals surface area contributed by atoms with E-state index in [1.54, 1.807) is 6.20 Å². The van der Waals surface area contributed by atoms with Crippen LogP contribution in [0.4, 0.5) is 0 Å². The smallest absolute Gasteiger partial charge is 0.326 e. The van der Waals surface area contributed by atoms with Crippen LogP contribution in [-0.2, 0) is 4.79 Å². The number of benzene rings is 1. The Balaban J connectivity index is 1.74. The van der Waals surface area contributed by atoms with E-state index in [0.29, 0.717) is 18.2 Å². The Labute approximate surface area is 133 Å². The largest absolute Gasteiger partial charge is 0.480 e.